The van der Waals surface area contributed by atoms with Crippen LogP contribution >= 0.6 is 0 Å². The lowest BCUT2D eigenvalue weighted by Gasteiger charge is -2.10. The van der Waals surface area contributed by atoms with E-state index in [0.717, 1.165) is 35.9 Å². The number of hydrogen-bond acceptors (Lipinski definition) is 4. The van der Waals surface area contributed by atoms with Crippen molar-refractivity contribution in [1.82, 2.24) is 15.5 Å². The summed E-state index contributed by atoms with van der Waals surface area (Å²) in [7, 11) is 0. The Morgan fingerprint density at radius 1 is 1.40 bits per heavy atom. The predicted molar refractivity (Wildman–Crippen MR) is 75.6 cm³/mol. The number of nitrogens with zero attached hydrogens (tertiary/aromatic N) is 2. The molecule has 0 bridgehead atoms. The molecule has 2 aromatic rings. The molecule has 3 rings (SSSR count). The summed E-state index contributed by atoms with van der Waals surface area (Å²) in [6.07, 6.45) is 2.20. The number of carbonyl (C=O) groups is 1. The average Bonchev–Trinajstić information content (AvgIpc) is 2.97. The van der Waals surface area contributed by atoms with Crippen LogP contribution in [-0.4, -0.2) is 35.4 Å². The summed E-state index contributed by atoms with van der Waals surface area (Å²) in [6, 6.07) is 7.67. The summed E-state index contributed by atoms with van der Waals surface area (Å²) < 4.78 is 5.47. The molecule has 2 heterocycles. The molecule has 1 unspecified atom stereocenters. The minimum Gasteiger partial charge on any atom is -0.376 e. The Morgan fingerprint density at radius 2 is 2.30 bits per heavy atom. The van der Waals surface area contributed by atoms with Gasteiger partial charge in [0.25, 0.3) is 5.91 Å². The fraction of sp³-hybridized carbons (Fsp3) is 0.400. The first-order valence-electron chi connectivity index (χ1n) is 6.86. The molecule has 0 radical (unpaired) electrons. The Labute approximate surface area is 117 Å². The van der Waals surface area contributed by atoms with Gasteiger partial charge in [0.15, 0.2) is 5.69 Å². The zero-order valence-corrected chi connectivity index (χ0v) is 11.4. The number of hydrogen-bond donors (Lipinski definition) is 1. The summed E-state index contributed by atoms with van der Waals surface area (Å²) in [5.41, 5.74) is 2.28. The maximum Gasteiger partial charge on any atom is 0.271 e. The fourth-order valence-electron chi connectivity index (χ4n) is 2.38. The molecule has 1 amide bonds. The minimum absolute atomic E-state index is 0.134. The van der Waals surface area contributed by atoms with E-state index in [-0.39, 0.29) is 12.0 Å². The van der Waals surface area contributed by atoms with Crippen molar-refractivity contribution in [2.45, 2.75) is 25.9 Å². The van der Waals surface area contributed by atoms with E-state index >= 15 is 0 Å². The first-order valence-corrected chi connectivity index (χ1v) is 6.86. The van der Waals surface area contributed by atoms with E-state index < -0.39 is 0 Å². The van der Waals surface area contributed by atoms with Gasteiger partial charge in [0, 0.05) is 18.5 Å². The minimum atomic E-state index is -0.198. The summed E-state index contributed by atoms with van der Waals surface area (Å²) in [5.74, 6) is -0.198. The molecule has 20 heavy (non-hydrogen) atoms. The normalized spacial score (nSPS) is 18.4. The molecule has 1 aromatic carbocycles. The number of fused-ring (bicyclic) bond motifs is 1. The summed E-state index contributed by atoms with van der Waals surface area (Å²) >= 11 is 0. The van der Waals surface area contributed by atoms with E-state index in [2.05, 4.69) is 15.5 Å². The number of aryl methyl sites for hydroxylation is 1. The van der Waals surface area contributed by atoms with Gasteiger partial charge in [-0.3, -0.25) is 4.79 Å². The molecular weight excluding hydrogens is 254 g/mol. The molecule has 5 nitrogen and oxygen atoms in total. The van der Waals surface area contributed by atoms with Crippen molar-refractivity contribution in [3.63, 3.8) is 0 Å². The van der Waals surface area contributed by atoms with Gasteiger partial charge in [0.1, 0.15) is 0 Å². The zero-order valence-electron chi connectivity index (χ0n) is 11.4. The Bertz CT molecular complexity index is 636. The van der Waals surface area contributed by atoms with Gasteiger partial charge in [-0.05, 0) is 38.0 Å². The van der Waals surface area contributed by atoms with Crippen LogP contribution < -0.4 is 5.32 Å². The Kier molecular flexibility index (Phi) is 3.60. The fourth-order valence-corrected chi connectivity index (χ4v) is 2.38. The number of aromatic nitrogens is 2. The molecule has 1 aliphatic heterocycles. The van der Waals surface area contributed by atoms with E-state index in [9.17, 15) is 4.79 Å². The van der Waals surface area contributed by atoms with Gasteiger partial charge in [-0.1, -0.05) is 11.6 Å². The number of ether oxygens (including phenoxy) is 1. The number of amides is 1. The SMILES string of the molecule is Cc1ccc2nnc(C(=O)NCC3CCCO3)cc2c1. The molecule has 1 aromatic heterocycles. The molecule has 0 spiro atoms. The monoisotopic (exact) mass is 271 g/mol. The van der Waals surface area contributed by atoms with Crippen LogP contribution in [0.5, 0.6) is 0 Å². The first-order chi connectivity index (χ1) is 9.72. The average molecular weight is 271 g/mol. The highest BCUT2D eigenvalue weighted by Gasteiger charge is 2.17. The van der Waals surface area contributed by atoms with Gasteiger partial charge in [-0.2, -0.15) is 0 Å². The predicted octanol–water partition coefficient (Wildman–Crippen LogP) is 1.85. The third-order valence-corrected chi connectivity index (χ3v) is 3.49. The molecule has 5 heteroatoms. The Hall–Kier alpha value is -2.01. The molecule has 1 saturated heterocycles. The zero-order chi connectivity index (χ0) is 13.9. The van der Waals surface area contributed by atoms with Gasteiger partial charge in [-0.15, -0.1) is 10.2 Å². The van der Waals surface area contributed by atoms with E-state index in [1.54, 1.807) is 6.07 Å². The lowest BCUT2D eigenvalue weighted by atomic mass is 10.1. The highest BCUT2D eigenvalue weighted by atomic mass is 16.5. The number of benzene rings is 1. The van der Waals surface area contributed by atoms with Crippen LogP contribution in [0.2, 0.25) is 0 Å². The van der Waals surface area contributed by atoms with Crippen molar-refractivity contribution >= 4 is 16.8 Å². The maximum atomic E-state index is 12.1. The Balaban J connectivity index is 1.73. The van der Waals surface area contributed by atoms with Crippen LogP contribution in [0, 0.1) is 6.92 Å². The van der Waals surface area contributed by atoms with E-state index in [0.29, 0.717) is 12.2 Å². The lowest BCUT2D eigenvalue weighted by Crippen LogP contribution is -2.32. The van der Waals surface area contributed by atoms with Crippen molar-refractivity contribution < 1.29 is 9.53 Å². The van der Waals surface area contributed by atoms with Gasteiger partial charge in [0.05, 0.1) is 11.6 Å². The van der Waals surface area contributed by atoms with Gasteiger partial charge in [-0.25, -0.2) is 0 Å². The lowest BCUT2D eigenvalue weighted by molar-refractivity contribution is 0.0853. The molecular formula is C15H17N3O2. The molecule has 1 N–H and O–H groups in total. The molecule has 1 fully saturated rings. The number of rotatable bonds is 3. The largest absolute Gasteiger partial charge is 0.376 e. The van der Waals surface area contributed by atoms with E-state index in [1.165, 1.54) is 0 Å². The van der Waals surface area contributed by atoms with Crippen molar-refractivity contribution in [3.05, 3.63) is 35.5 Å². The Morgan fingerprint density at radius 3 is 3.10 bits per heavy atom. The second-order valence-corrected chi connectivity index (χ2v) is 5.14. The van der Waals surface area contributed by atoms with E-state index in [4.69, 9.17) is 4.74 Å². The third kappa shape index (κ3) is 2.77. The first kappa shape index (κ1) is 13.0. The third-order valence-electron chi connectivity index (χ3n) is 3.49. The maximum absolute atomic E-state index is 12.1. The number of carbonyl (C=O) groups excluding carboxylic acids is 1. The summed E-state index contributed by atoms with van der Waals surface area (Å²) in [4.78, 5) is 12.1. The second-order valence-electron chi connectivity index (χ2n) is 5.14. The van der Waals surface area contributed by atoms with Gasteiger partial charge in [0.2, 0.25) is 0 Å². The van der Waals surface area contributed by atoms with Crippen LogP contribution in [0.25, 0.3) is 10.9 Å². The van der Waals surface area contributed by atoms with Crippen LogP contribution in [0.4, 0.5) is 0 Å². The topological polar surface area (TPSA) is 64.1 Å². The van der Waals surface area contributed by atoms with Crippen molar-refractivity contribution in [2.24, 2.45) is 0 Å². The molecule has 0 aliphatic carbocycles. The van der Waals surface area contributed by atoms with Crippen molar-refractivity contribution in [1.29, 1.82) is 0 Å². The smallest absolute Gasteiger partial charge is 0.271 e. The van der Waals surface area contributed by atoms with Crippen LogP contribution in [0.1, 0.15) is 28.9 Å². The van der Waals surface area contributed by atoms with Gasteiger partial charge < -0.3 is 10.1 Å². The highest BCUT2D eigenvalue weighted by molar-refractivity contribution is 5.95. The van der Waals surface area contributed by atoms with Gasteiger partial charge >= 0.3 is 0 Å². The van der Waals surface area contributed by atoms with Crippen LogP contribution in [0.15, 0.2) is 24.3 Å². The molecule has 0 saturated carbocycles. The molecule has 1 aliphatic rings. The van der Waals surface area contributed by atoms with E-state index in [1.807, 2.05) is 25.1 Å². The van der Waals surface area contributed by atoms with Crippen molar-refractivity contribution in [2.75, 3.05) is 13.2 Å². The summed E-state index contributed by atoms with van der Waals surface area (Å²) in [5, 5.41) is 11.8. The molecule has 104 valence electrons. The molecule has 1 atom stereocenters. The number of nitrogens with one attached hydrogen (secondary N) is 1. The van der Waals surface area contributed by atoms with Crippen LogP contribution in [0.3, 0.4) is 0 Å². The standard InChI is InChI=1S/C15H17N3O2/c1-10-4-5-13-11(7-10)8-14(18-17-13)15(19)16-9-12-3-2-6-20-12/h4-5,7-8,12H,2-3,6,9H2,1H3,(H,16,19). The summed E-state index contributed by atoms with van der Waals surface area (Å²) in [6.45, 7) is 3.33. The highest BCUT2D eigenvalue weighted by Crippen LogP contribution is 2.14. The van der Waals surface area contributed by atoms with Crippen molar-refractivity contribution in [3.8, 4) is 0 Å². The quantitative estimate of drug-likeness (QED) is 0.925. The van der Waals surface area contributed by atoms with Crippen LogP contribution in [-0.2, 0) is 4.74 Å². The second kappa shape index (κ2) is 5.54.